The minimum atomic E-state index is 0.467. The number of ether oxygens (including phenoxy) is 1. The Balaban J connectivity index is 1.98. The molecule has 2 heterocycles. The normalized spacial score (nSPS) is 15.9. The van der Waals surface area contributed by atoms with Gasteiger partial charge in [-0.1, -0.05) is 32.0 Å². The lowest BCUT2D eigenvalue weighted by Crippen LogP contribution is -2.38. The lowest BCUT2D eigenvalue weighted by atomic mass is 10.1. The quantitative estimate of drug-likeness (QED) is 0.937. The minimum Gasteiger partial charge on any atom is -0.378 e. The Labute approximate surface area is 126 Å². The summed E-state index contributed by atoms with van der Waals surface area (Å²) in [6.07, 6.45) is 0. The molecule has 21 heavy (non-hydrogen) atoms. The van der Waals surface area contributed by atoms with Gasteiger partial charge in [-0.15, -0.1) is 0 Å². The van der Waals surface area contributed by atoms with Gasteiger partial charge in [0.05, 0.1) is 18.7 Å². The Morgan fingerprint density at radius 3 is 2.76 bits per heavy atom. The summed E-state index contributed by atoms with van der Waals surface area (Å²) in [4.78, 5) is 7.25. The zero-order chi connectivity index (χ0) is 14.7. The number of pyridine rings is 1. The molecule has 0 aliphatic carbocycles. The summed E-state index contributed by atoms with van der Waals surface area (Å²) >= 11 is 0. The van der Waals surface area contributed by atoms with Gasteiger partial charge in [0.15, 0.2) is 0 Å². The smallest absolute Gasteiger partial charge is 0.133 e. The molecule has 112 valence electrons. The first kappa shape index (κ1) is 14.3. The molecule has 0 spiro atoms. The molecule has 0 atom stereocenters. The van der Waals surface area contributed by atoms with Gasteiger partial charge in [0.1, 0.15) is 5.82 Å². The van der Waals surface area contributed by atoms with E-state index < -0.39 is 0 Å². The summed E-state index contributed by atoms with van der Waals surface area (Å²) in [7, 11) is 0. The van der Waals surface area contributed by atoms with E-state index in [0.717, 1.165) is 44.2 Å². The van der Waals surface area contributed by atoms with Gasteiger partial charge >= 0.3 is 0 Å². The number of para-hydroxylation sites is 1. The van der Waals surface area contributed by atoms with Gasteiger partial charge in [0.25, 0.3) is 0 Å². The van der Waals surface area contributed by atoms with Gasteiger partial charge in [-0.2, -0.15) is 0 Å². The molecule has 1 saturated heterocycles. The number of aromatic nitrogens is 1. The van der Waals surface area contributed by atoms with Crippen molar-refractivity contribution in [1.82, 2.24) is 10.3 Å². The summed E-state index contributed by atoms with van der Waals surface area (Å²) in [6.45, 7) is 8.59. The Morgan fingerprint density at radius 2 is 2.00 bits per heavy atom. The molecular weight excluding hydrogens is 262 g/mol. The molecule has 2 aromatic rings. The van der Waals surface area contributed by atoms with Crippen molar-refractivity contribution >= 4 is 16.7 Å². The summed E-state index contributed by atoms with van der Waals surface area (Å²) in [6, 6.07) is 11.1. The summed E-state index contributed by atoms with van der Waals surface area (Å²) in [5.74, 6) is 1.10. The van der Waals surface area contributed by atoms with E-state index in [1.807, 2.05) is 6.07 Å². The third kappa shape index (κ3) is 3.34. The van der Waals surface area contributed by atoms with Crippen molar-refractivity contribution in [3.05, 3.63) is 35.9 Å². The van der Waals surface area contributed by atoms with E-state index in [0.29, 0.717) is 6.04 Å². The van der Waals surface area contributed by atoms with Crippen LogP contribution in [0.4, 0.5) is 5.82 Å². The monoisotopic (exact) mass is 285 g/mol. The second-order valence-electron chi connectivity index (χ2n) is 5.80. The van der Waals surface area contributed by atoms with Crippen molar-refractivity contribution in [2.24, 2.45) is 0 Å². The predicted octanol–water partition coefficient (Wildman–Crippen LogP) is 2.57. The van der Waals surface area contributed by atoms with Crippen LogP contribution in [0.5, 0.6) is 0 Å². The first-order valence-corrected chi connectivity index (χ1v) is 7.69. The van der Waals surface area contributed by atoms with Gasteiger partial charge < -0.3 is 15.0 Å². The average Bonchev–Trinajstić information content (AvgIpc) is 2.53. The van der Waals surface area contributed by atoms with Crippen LogP contribution in [0.15, 0.2) is 30.3 Å². The van der Waals surface area contributed by atoms with Crippen LogP contribution in [-0.4, -0.2) is 37.3 Å². The maximum absolute atomic E-state index is 5.46. The van der Waals surface area contributed by atoms with Crippen LogP contribution in [0.2, 0.25) is 0 Å². The van der Waals surface area contributed by atoms with Crippen LogP contribution < -0.4 is 10.2 Å². The minimum absolute atomic E-state index is 0.467. The van der Waals surface area contributed by atoms with E-state index in [-0.39, 0.29) is 0 Å². The fourth-order valence-corrected chi connectivity index (χ4v) is 2.64. The van der Waals surface area contributed by atoms with Crippen LogP contribution in [0.3, 0.4) is 0 Å². The second-order valence-corrected chi connectivity index (χ2v) is 5.80. The SMILES string of the molecule is CC(C)NCc1cc2ccccc2nc1N1CCOCC1. The highest BCUT2D eigenvalue weighted by atomic mass is 16.5. The van der Waals surface area contributed by atoms with Crippen LogP contribution >= 0.6 is 0 Å². The number of nitrogens with zero attached hydrogens (tertiary/aromatic N) is 2. The van der Waals surface area contributed by atoms with Crippen LogP contribution in [-0.2, 0) is 11.3 Å². The van der Waals surface area contributed by atoms with Gasteiger partial charge in [-0.25, -0.2) is 4.98 Å². The number of benzene rings is 1. The second kappa shape index (κ2) is 6.41. The molecule has 0 radical (unpaired) electrons. The van der Waals surface area contributed by atoms with E-state index in [1.54, 1.807) is 0 Å². The number of hydrogen-bond acceptors (Lipinski definition) is 4. The Bertz CT molecular complexity index is 606. The van der Waals surface area contributed by atoms with E-state index in [2.05, 4.69) is 48.3 Å². The molecule has 1 aromatic carbocycles. The summed E-state index contributed by atoms with van der Waals surface area (Å²) in [5, 5.41) is 4.71. The number of fused-ring (bicyclic) bond motifs is 1. The Hall–Kier alpha value is -1.65. The van der Waals surface area contributed by atoms with Crippen LogP contribution in [0.1, 0.15) is 19.4 Å². The fraction of sp³-hybridized carbons (Fsp3) is 0.471. The molecule has 4 nitrogen and oxygen atoms in total. The maximum Gasteiger partial charge on any atom is 0.133 e. The Morgan fingerprint density at radius 1 is 1.24 bits per heavy atom. The number of morpholine rings is 1. The van der Waals surface area contributed by atoms with Crippen molar-refractivity contribution in [2.75, 3.05) is 31.2 Å². The standard InChI is InChI=1S/C17H23N3O/c1-13(2)18-12-15-11-14-5-3-4-6-16(14)19-17(15)20-7-9-21-10-8-20/h3-6,11,13,18H,7-10,12H2,1-2H3. The molecule has 0 saturated carbocycles. The first-order valence-electron chi connectivity index (χ1n) is 7.69. The molecule has 0 amide bonds. The highest BCUT2D eigenvalue weighted by Gasteiger charge is 2.17. The van der Waals surface area contributed by atoms with Gasteiger partial charge in [0, 0.05) is 36.6 Å². The van der Waals surface area contributed by atoms with Crippen molar-refractivity contribution < 1.29 is 4.74 Å². The third-order valence-corrected chi connectivity index (χ3v) is 3.79. The molecule has 1 aliphatic rings. The first-order chi connectivity index (χ1) is 10.2. The van der Waals surface area contributed by atoms with Crippen molar-refractivity contribution in [3.8, 4) is 0 Å². The van der Waals surface area contributed by atoms with E-state index in [9.17, 15) is 0 Å². The molecular formula is C17H23N3O. The van der Waals surface area contributed by atoms with E-state index >= 15 is 0 Å². The molecule has 3 rings (SSSR count). The highest BCUT2D eigenvalue weighted by molar-refractivity contribution is 5.81. The van der Waals surface area contributed by atoms with Crippen LogP contribution in [0.25, 0.3) is 10.9 Å². The van der Waals surface area contributed by atoms with Crippen molar-refractivity contribution in [1.29, 1.82) is 0 Å². The molecule has 1 N–H and O–H groups in total. The third-order valence-electron chi connectivity index (χ3n) is 3.79. The zero-order valence-electron chi connectivity index (χ0n) is 12.8. The lowest BCUT2D eigenvalue weighted by molar-refractivity contribution is 0.122. The van der Waals surface area contributed by atoms with Crippen molar-refractivity contribution in [3.63, 3.8) is 0 Å². The van der Waals surface area contributed by atoms with Gasteiger partial charge in [-0.05, 0) is 12.1 Å². The number of anilines is 1. The number of rotatable bonds is 4. The van der Waals surface area contributed by atoms with E-state index in [4.69, 9.17) is 9.72 Å². The maximum atomic E-state index is 5.46. The molecule has 0 bridgehead atoms. The molecule has 0 unspecified atom stereocenters. The number of hydrogen-bond donors (Lipinski definition) is 1. The number of nitrogens with one attached hydrogen (secondary N) is 1. The highest BCUT2D eigenvalue weighted by Crippen LogP contribution is 2.24. The predicted molar refractivity (Wildman–Crippen MR) is 86.8 cm³/mol. The van der Waals surface area contributed by atoms with Gasteiger partial charge in [-0.3, -0.25) is 0 Å². The topological polar surface area (TPSA) is 37.4 Å². The van der Waals surface area contributed by atoms with Crippen LogP contribution in [0, 0.1) is 0 Å². The fourth-order valence-electron chi connectivity index (χ4n) is 2.64. The molecule has 4 heteroatoms. The molecule has 1 aliphatic heterocycles. The van der Waals surface area contributed by atoms with Crippen molar-refractivity contribution in [2.45, 2.75) is 26.4 Å². The Kier molecular flexibility index (Phi) is 4.36. The van der Waals surface area contributed by atoms with E-state index in [1.165, 1.54) is 10.9 Å². The summed E-state index contributed by atoms with van der Waals surface area (Å²) in [5.41, 5.74) is 2.33. The zero-order valence-corrected chi connectivity index (χ0v) is 12.8. The van der Waals surface area contributed by atoms with Gasteiger partial charge in [0.2, 0.25) is 0 Å². The lowest BCUT2D eigenvalue weighted by Gasteiger charge is -2.30. The largest absolute Gasteiger partial charge is 0.378 e. The summed E-state index contributed by atoms with van der Waals surface area (Å²) < 4.78 is 5.46. The average molecular weight is 285 g/mol. The molecule has 1 aromatic heterocycles. The molecule has 1 fully saturated rings.